The molecule has 0 radical (unpaired) electrons. The predicted molar refractivity (Wildman–Crippen MR) is 148 cm³/mol. The van der Waals surface area contributed by atoms with Gasteiger partial charge in [0, 0.05) is 21.8 Å². The van der Waals surface area contributed by atoms with Crippen molar-refractivity contribution >= 4 is 32.6 Å². The van der Waals surface area contributed by atoms with Crippen LogP contribution in [0, 0.1) is 0 Å². The highest BCUT2D eigenvalue weighted by Crippen LogP contribution is 2.50. The quantitative estimate of drug-likeness (QED) is 0.251. The van der Waals surface area contributed by atoms with Crippen LogP contribution in [0.3, 0.4) is 0 Å². The van der Waals surface area contributed by atoms with Crippen molar-refractivity contribution < 1.29 is 0 Å². The molecule has 7 aromatic rings. The molecule has 0 fully saturated rings. The van der Waals surface area contributed by atoms with E-state index in [0.29, 0.717) is 0 Å². The summed E-state index contributed by atoms with van der Waals surface area (Å²) in [6.45, 7) is 0. The van der Waals surface area contributed by atoms with Gasteiger partial charge < -0.3 is 4.57 Å². The van der Waals surface area contributed by atoms with Crippen molar-refractivity contribution in [1.29, 1.82) is 0 Å². The molecule has 0 spiro atoms. The average Bonchev–Trinajstić information content (AvgIpc) is 3.44. The van der Waals surface area contributed by atoms with Gasteiger partial charge in [-0.05, 0) is 63.0 Å². The Hall–Kier alpha value is -4.62. The molecule has 1 aliphatic rings. The number of para-hydroxylation sites is 1. The molecule has 1 aliphatic carbocycles. The van der Waals surface area contributed by atoms with Crippen molar-refractivity contribution in [2.24, 2.45) is 0 Å². The van der Waals surface area contributed by atoms with Crippen LogP contribution in [0.15, 0.2) is 127 Å². The number of hydrogen-bond acceptors (Lipinski definition) is 0. The van der Waals surface area contributed by atoms with Gasteiger partial charge in [0.15, 0.2) is 0 Å². The lowest BCUT2D eigenvalue weighted by molar-refractivity contribution is 1.19. The third kappa shape index (κ3) is 2.53. The second-order valence-electron chi connectivity index (χ2n) is 9.36. The molecule has 6 aromatic carbocycles. The second-order valence-corrected chi connectivity index (χ2v) is 9.36. The molecular weight excluding hydrogens is 422 g/mol. The van der Waals surface area contributed by atoms with Crippen LogP contribution in [-0.2, 0) is 0 Å². The normalized spacial score (nSPS) is 12.0. The molecule has 1 heterocycles. The molecule has 1 aromatic heterocycles. The van der Waals surface area contributed by atoms with Crippen molar-refractivity contribution in [3.8, 4) is 39.1 Å². The van der Waals surface area contributed by atoms with Gasteiger partial charge >= 0.3 is 0 Å². The lowest BCUT2D eigenvalue weighted by atomic mass is 9.99. The molecule has 35 heavy (non-hydrogen) atoms. The van der Waals surface area contributed by atoms with Crippen LogP contribution in [0.25, 0.3) is 71.6 Å². The Labute approximate surface area is 203 Å². The van der Waals surface area contributed by atoms with Crippen molar-refractivity contribution in [3.63, 3.8) is 0 Å². The van der Waals surface area contributed by atoms with E-state index in [1.165, 1.54) is 71.6 Å². The summed E-state index contributed by atoms with van der Waals surface area (Å²) in [4.78, 5) is 0. The lowest BCUT2D eigenvalue weighted by Gasteiger charge is -2.12. The van der Waals surface area contributed by atoms with E-state index in [1.54, 1.807) is 0 Å². The second kappa shape index (κ2) is 6.94. The highest BCUT2D eigenvalue weighted by atomic mass is 15.0. The molecule has 0 bridgehead atoms. The Bertz CT molecular complexity index is 1940. The van der Waals surface area contributed by atoms with Gasteiger partial charge in [-0.15, -0.1) is 0 Å². The molecular formula is C34H21N. The Morgan fingerprint density at radius 3 is 1.94 bits per heavy atom. The molecule has 0 aliphatic heterocycles. The first-order chi connectivity index (χ1) is 17.4. The minimum atomic E-state index is 1.19. The summed E-state index contributed by atoms with van der Waals surface area (Å²) >= 11 is 0. The largest absolute Gasteiger partial charge is 0.309 e. The molecule has 1 nitrogen and oxygen atoms in total. The summed E-state index contributed by atoms with van der Waals surface area (Å²) < 4.78 is 2.46. The zero-order valence-electron chi connectivity index (χ0n) is 19.1. The number of hydrogen-bond donors (Lipinski definition) is 0. The first kappa shape index (κ1) is 18.8. The Morgan fingerprint density at radius 2 is 1.06 bits per heavy atom. The minimum Gasteiger partial charge on any atom is -0.309 e. The number of aromatic nitrogens is 1. The Balaban J connectivity index is 1.53. The van der Waals surface area contributed by atoms with Gasteiger partial charge in [-0.2, -0.15) is 0 Å². The van der Waals surface area contributed by atoms with Crippen molar-refractivity contribution in [1.82, 2.24) is 4.57 Å². The number of nitrogens with zero attached hydrogens (tertiary/aromatic N) is 1. The van der Waals surface area contributed by atoms with Crippen LogP contribution in [-0.4, -0.2) is 4.57 Å². The monoisotopic (exact) mass is 443 g/mol. The third-order valence-corrected chi connectivity index (χ3v) is 7.51. The van der Waals surface area contributed by atoms with Crippen LogP contribution in [0.4, 0.5) is 0 Å². The predicted octanol–water partition coefficient (Wildman–Crippen LogP) is 9.25. The smallest absolute Gasteiger partial charge is 0.0620 e. The van der Waals surface area contributed by atoms with Gasteiger partial charge in [0.05, 0.1) is 11.0 Å². The summed E-state index contributed by atoms with van der Waals surface area (Å²) in [5, 5.41) is 5.28. The maximum atomic E-state index is 2.46. The van der Waals surface area contributed by atoms with Crippen LogP contribution in [0.5, 0.6) is 0 Å². The standard InChI is InChI=1S/C34H21N/c1-2-10-22(11-3-1)23-12-8-13-24(20-23)35-32-19-7-6-16-27(32)31-21-30-26-15-5-4-14-25(26)28-17-9-18-29(33(28)30)34(31)35/h1-21H. The fourth-order valence-corrected chi connectivity index (χ4v) is 6.05. The summed E-state index contributed by atoms with van der Waals surface area (Å²) in [7, 11) is 0. The zero-order chi connectivity index (χ0) is 22.9. The van der Waals surface area contributed by atoms with E-state index < -0.39 is 0 Å². The first-order valence-electron chi connectivity index (χ1n) is 12.1. The SMILES string of the molecule is c1ccc(-c2cccc(-n3c4ccccc4c4cc5c6c(cccc6c43)-c3ccccc3-5)c2)cc1. The summed E-state index contributed by atoms with van der Waals surface area (Å²) in [6.07, 6.45) is 0. The molecule has 162 valence electrons. The van der Waals surface area contributed by atoms with Gasteiger partial charge in [-0.25, -0.2) is 0 Å². The van der Waals surface area contributed by atoms with Crippen LogP contribution in [0.2, 0.25) is 0 Å². The molecule has 0 saturated carbocycles. The van der Waals surface area contributed by atoms with Gasteiger partial charge in [-0.3, -0.25) is 0 Å². The Kier molecular flexibility index (Phi) is 3.72. The van der Waals surface area contributed by atoms with Crippen LogP contribution >= 0.6 is 0 Å². The minimum absolute atomic E-state index is 1.19. The number of benzene rings is 6. The summed E-state index contributed by atoms with van der Waals surface area (Å²) in [6, 6.07) is 46.4. The van der Waals surface area contributed by atoms with E-state index in [4.69, 9.17) is 0 Å². The van der Waals surface area contributed by atoms with E-state index >= 15 is 0 Å². The third-order valence-electron chi connectivity index (χ3n) is 7.51. The molecule has 0 N–H and O–H groups in total. The molecule has 0 amide bonds. The summed E-state index contributed by atoms with van der Waals surface area (Å²) in [5.74, 6) is 0. The van der Waals surface area contributed by atoms with Gasteiger partial charge in [-0.1, -0.05) is 103 Å². The van der Waals surface area contributed by atoms with Crippen molar-refractivity contribution in [2.75, 3.05) is 0 Å². The highest BCUT2D eigenvalue weighted by molar-refractivity contribution is 6.27. The van der Waals surface area contributed by atoms with E-state index in [1.807, 2.05) is 0 Å². The summed E-state index contributed by atoms with van der Waals surface area (Å²) in [5.41, 5.74) is 11.5. The molecule has 1 heteroatoms. The van der Waals surface area contributed by atoms with E-state index in [9.17, 15) is 0 Å². The van der Waals surface area contributed by atoms with Crippen LogP contribution in [0.1, 0.15) is 0 Å². The Morgan fingerprint density at radius 1 is 0.400 bits per heavy atom. The molecule has 0 saturated heterocycles. The van der Waals surface area contributed by atoms with E-state index in [-0.39, 0.29) is 0 Å². The van der Waals surface area contributed by atoms with Gasteiger partial charge in [0.1, 0.15) is 0 Å². The number of rotatable bonds is 2. The van der Waals surface area contributed by atoms with Crippen LogP contribution < -0.4 is 0 Å². The lowest BCUT2D eigenvalue weighted by Crippen LogP contribution is -1.95. The average molecular weight is 444 g/mol. The fourth-order valence-electron chi connectivity index (χ4n) is 6.05. The van der Waals surface area contributed by atoms with E-state index in [2.05, 4.69) is 132 Å². The van der Waals surface area contributed by atoms with Crippen molar-refractivity contribution in [3.05, 3.63) is 127 Å². The van der Waals surface area contributed by atoms with Crippen molar-refractivity contribution in [2.45, 2.75) is 0 Å². The maximum Gasteiger partial charge on any atom is 0.0620 e. The number of fused-ring (bicyclic) bond motifs is 7. The van der Waals surface area contributed by atoms with Gasteiger partial charge in [0.2, 0.25) is 0 Å². The van der Waals surface area contributed by atoms with E-state index in [0.717, 1.165) is 0 Å². The zero-order valence-corrected chi connectivity index (χ0v) is 19.1. The fraction of sp³-hybridized carbons (Fsp3) is 0. The first-order valence-corrected chi connectivity index (χ1v) is 12.1. The van der Waals surface area contributed by atoms with Gasteiger partial charge in [0.25, 0.3) is 0 Å². The molecule has 8 rings (SSSR count). The topological polar surface area (TPSA) is 4.93 Å². The molecule has 0 atom stereocenters. The molecule has 0 unspecified atom stereocenters. The maximum absolute atomic E-state index is 2.46. The highest BCUT2D eigenvalue weighted by Gasteiger charge is 2.25.